The minimum atomic E-state index is -0.135. The molecule has 0 aromatic heterocycles. The molecular formula is C22H23N3O2. The number of nitrogens with zero attached hydrogens (tertiary/aromatic N) is 2. The maximum absolute atomic E-state index is 12.9. The molecule has 0 saturated carbocycles. The fraction of sp³-hybridized carbons (Fsp3) is 0.227. The van der Waals surface area contributed by atoms with Crippen LogP contribution in [0.3, 0.4) is 0 Å². The summed E-state index contributed by atoms with van der Waals surface area (Å²) in [5.41, 5.74) is 2.31. The van der Waals surface area contributed by atoms with Crippen LogP contribution in [0.4, 0.5) is 5.69 Å². The van der Waals surface area contributed by atoms with Gasteiger partial charge in [-0.2, -0.15) is 0 Å². The molecule has 5 heteroatoms. The molecule has 138 valence electrons. The van der Waals surface area contributed by atoms with Gasteiger partial charge in [-0.1, -0.05) is 30.3 Å². The van der Waals surface area contributed by atoms with Gasteiger partial charge < -0.3 is 15.0 Å². The highest BCUT2D eigenvalue weighted by Crippen LogP contribution is 2.35. The van der Waals surface area contributed by atoms with Crippen LogP contribution < -0.4 is 10.1 Å². The Hall–Kier alpha value is -3.21. The molecule has 27 heavy (non-hydrogen) atoms. The Morgan fingerprint density at radius 2 is 1.89 bits per heavy atom. The van der Waals surface area contributed by atoms with E-state index in [9.17, 15) is 4.79 Å². The maximum atomic E-state index is 12.9. The summed E-state index contributed by atoms with van der Waals surface area (Å²) in [5, 5.41) is 2.98. The average molecular weight is 361 g/mol. The molecule has 0 unspecified atom stereocenters. The predicted octanol–water partition coefficient (Wildman–Crippen LogP) is 3.88. The molecular weight excluding hydrogens is 338 g/mol. The zero-order chi connectivity index (χ0) is 18.8. The van der Waals surface area contributed by atoms with Crippen molar-refractivity contribution in [3.05, 3.63) is 77.9 Å². The summed E-state index contributed by atoms with van der Waals surface area (Å²) in [4.78, 5) is 17.1. The Kier molecular flexibility index (Phi) is 4.59. The molecule has 0 bridgehead atoms. The number of amides is 1. The SMILES string of the molecule is CC(C)Oc1cccc(/C=C(/C(=O)Nc2ccccc2)N2C=C2N2CC2)c1. The first kappa shape index (κ1) is 17.2. The van der Waals surface area contributed by atoms with Gasteiger partial charge in [0.15, 0.2) is 0 Å². The number of carbonyl (C=O) groups excluding carboxylic acids is 1. The first-order valence-electron chi connectivity index (χ1n) is 9.21. The number of hydrogen-bond acceptors (Lipinski definition) is 4. The molecule has 0 aliphatic carbocycles. The third-order valence-corrected chi connectivity index (χ3v) is 4.25. The van der Waals surface area contributed by atoms with E-state index >= 15 is 0 Å². The van der Waals surface area contributed by atoms with Crippen LogP contribution in [0.25, 0.3) is 6.08 Å². The van der Waals surface area contributed by atoms with Crippen molar-refractivity contribution in [3.8, 4) is 5.75 Å². The first-order valence-corrected chi connectivity index (χ1v) is 9.21. The fourth-order valence-corrected chi connectivity index (χ4v) is 2.86. The third kappa shape index (κ3) is 4.31. The Morgan fingerprint density at radius 3 is 2.59 bits per heavy atom. The summed E-state index contributed by atoms with van der Waals surface area (Å²) in [7, 11) is 0. The van der Waals surface area contributed by atoms with E-state index in [1.165, 1.54) is 0 Å². The van der Waals surface area contributed by atoms with Crippen molar-refractivity contribution in [2.75, 3.05) is 18.4 Å². The van der Waals surface area contributed by atoms with Crippen molar-refractivity contribution in [1.29, 1.82) is 0 Å². The van der Waals surface area contributed by atoms with E-state index in [2.05, 4.69) is 10.2 Å². The molecule has 2 aliphatic heterocycles. The quantitative estimate of drug-likeness (QED) is 0.600. The second-order valence-electron chi connectivity index (χ2n) is 6.93. The molecule has 0 atom stereocenters. The van der Waals surface area contributed by atoms with Gasteiger partial charge in [0.2, 0.25) is 0 Å². The molecule has 5 nitrogen and oxygen atoms in total. The summed E-state index contributed by atoms with van der Waals surface area (Å²) >= 11 is 0. The molecule has 1 fully saturated rings. The van der Waals surface area contributed by atoms with Crippen LogP contribution in [0.15, 0.2) is 72.3 Å². The van der Waals surface area contributed by atoms with Crippen molar-refractivity contribution < 1.29 is 9.53 Å². The first-order chi connectivity index (χ1) is 13.1. The van der Waals surface area contributed by atoms with Gasteiger partial charge in [-0.15, -0.1) is 0 Å². The van der Waals surface area contributed by atoms with E-state index in [0.717, 1.165) is 35.9 Å². The molecule has 2 aliphatic rings. The van der Waals surface area contributed by atoms with Crippen LogP contribution in [0.5, 0.6) is 5.75 Å². The Bertz CT molecular complexity index is 899. The minimum absolute atomic E-state index is 0.105. The van der Waals surface area contributed by atoms with Crippen molar-refractivity contribution in [2.24, 2.45) is 0 Å². The van der Waals surface area contributed by atoms with Gasteiger partial charge in [-0.25, -0.2) is 0 Å². The van der Waals surface area contributed by atoms with Gasteiger partial charge in [-0.3, -0.25) is 9.69 Å². The lowest BCUT2D eigenvalue weighted by Crippen LogP contribution is -2.21. The van der Waals surface area contributed by atoms with Crippen molar-refractivity contribution in [3.63, 3.8) is 0 Å². The molecule has 2 aromatic carbocycles. The molecule has 1 saturated heterocycles. The Morgan fingerprint density at radius 1 is 1.11 bits per heavy atom. The summed E-state index contributed by atoms with van der Waals surface area (Å²) in [6.07, 6.45) is 4.00. The van der Waals surface area contributed by atoms with Crippen LogP contribution in [0.1, 0.15) is 19.4 Å². The summed E-state index contributed by atoms with van der Waals surface area (Å²) < 4.78 is 5.77. The van der Waals surface area contributed by atoms with Gasteiger partial charge in [0.05, 0.1) is 12.3 Å². The zero-order valence-corrected chi connectivity index (χ0v) is 15.6. The second kappa shape index (κ2) is 7.19. The zero-order valence-electron chi connectivity index (χ0n) is 15.6. The molecule has 4 rings (SSSR count). The number of ether oxygens (including phenoxy) is 1. The lowest BCUT2D eigenvalue weighted by Gasteiger charge is -2.14. The van der Waals surface area contributed by atoms with E-state index in [1.807, 2.05) is 85.6 Å². The van der Waals surface area contributed by atoms with Gasteiger partial charge in [0.1, 0.15) is 17.3 Å². The highest BCUT2D eigenvalue weighted by molar-refractivity contribution is 6.07. The van der Waals surface area contributed by atoms with Gasteiger partial charge in [0.25, 0.3) is 5.91 Å². The van der Waals surface area contributed by atoms with E-state index in [0.29, 0.717) is 5.70 Å². The molecule has 1 amide bonds. The number of benzene rings is 2. The van der Waals surface area contributed by atoms with Crippen molar-refractivity contribution in [2.45, 2.75) is 20.0 Å². The van der Waals surface area contributed by atoms with Crippen LogP contribution in [0.2, 0.25) is 0 Å². The normalized spacial score (nSPS) is 15.5. The molecule has 0 radical (unpaired) electrons. The topological polar surface area (TPSA) is 44.3 Å². The average Bonchev–Trinajstić information content (AvgIpc) is 3.53. The van der Waals surface area contributed by atoms with E-state index < -0.39 is 0 Å². The van der Waals surface area contributed by atoms with Gasteiger partial charge in [-0.05, 0) is 49.8 Å². The number of rotatable bonds is 7. The van der Waals surface area contributed by atoms with Crippen LogP contribution in [-0.4, -0.2) is 34.9 Å². The van der Waals surface area contributed by atoms with Crippen LogP contribution in [0, 0.1) is 0 Å². The van der Waals surface area contributed by atoms with E-state index in [-0.39, 0.29) is 12.0 Å². The van der Waals surface area contributed by atoms with Gasteiger partial charge in [0, 0.05) is 18.8 Å². The standard InChI is InChI=1S/C22H23N3O2/c1-16(2)27-19-10-6-7-17(13-19)14-20(25-15-21(25)24-11-12-24)22(26)23-18-8-4-3-5-9-18/h3-10,13-16H,11-12H2,1-2H3,(H,23,26)/b20-14-. The largest absolute Gasteiger partial charge is 0.491 e. The van der Waals surface area contributed by atoms with Crippen LogP contribution in [-0.2, 0) is 4.79 Å². The number of anilines is 1. The fourth-order valence-electron chi connectivity index (χ4n) is 2.86. The number of para-hydroxylation sites is 1. The second-order valence-corrected chi connectivity index (χ2v) is 6.93. The lowest BCUT2D eigenvalue weighted by molar-refractivity contribution is -0.113. The van der Waals surface area contributed by atoms with E-state index in [1.54, 1.807) is 0 Å². The maximum Gasteiger partial charge on any atom is 0.272 e. The number of carbonyl (C=O) groups is 1. The molecule has 2 heterocycles. The summed E-state index contributed by atoms with van der Waals surface area (Å²) in [6.45, 7) is 6.09. The summed E-state index contributed by atoms with van der Waals surface area (Å²) in [5.74, 6) is 1.76. The number of nitrogens with one attached hydrogen (secondary N) is 1. The highest BCUT2D eigenvalue weighted by Gasteiger charge is 2.37. The monoisotopic (exact) mass is 361 g/mol. The van der Waals surface area contributed by atoms with Crippen molar-refractivity contribution in [1.82, 2.24) is 9.80 Å². The Balaban J connectivity index is 1.58. The molecule has 2 aromatic rings. The van der Waals surface area contributed by atoms with Gasteiger partial charge >= 0.3 is 0 Å². The minimum Gasteiger partial charge on any atom is -0.491 e. The lowest BCUT2D eigenvalue weighted by atomic mass is 10.1. The molecule has 1 N–H and O–H groups in total. The summed E-state index contributed by atoms with van der Waals surface area (Å²) in [6, 6.07) is 17.3. The highest BCUT2D eigenvalue weighted by atomic mass is 16.5. The van der Waals surface area contributed by atoms with Crippen LogP contribution >= 0.6 is 0 Å². The Labute approximate surface area is 159 Å². The van der Waals surface area contributed by atoms with Crippen molar-refractivity contribution >= 4 is 17.7 Å². The van der Waals surface area contributed by atoms with E-state index in [4.69, 9.17) is 4.74 Å². The smallest absolute Gasteiger partial charge is 0.272 e. The molecule has 0 spiro atoms. The third-order valence-electron chi connectivity index (χ3n) is 4.25. The predicted molar refractivity (Wildman–Crippen MR) is 107 cm³/mol. The number of hydrogen-bond donors (Lipinski definition) is 1.